The Bertz CT molecular complexity index is 182. The molecule has 10 heavy (non-hydrogen) atoms. The van der Waals surface area contributed by atoms with Crippen molar-refractivity contribution < 1.29 is 4.79 Å². The summed E-state index contributed by atoms with van der Waals surface area (Å²) in [7, 11) is 0. The molecule has 1 unspecified atom stereocenters. The lowest BCUT2D eigenvalue weighted by molar-refractivity contribution is -0.118. The van der Waals surface area contributed by atoms with E-state index in [1.807, 2.05) is 0 Å². The number of rotatable bonds is 2. The summed E-state index contributed by atoms with van der Waals surface area (Å²) in [5.74, 6) is -0.814. The van der Waals surface area contributed by atoms with E-state index in [1.165, 1.54) is 18.9 Å². The zero-order valence-corrected chi connectivity index (χ0v) is 6.44. The average molecular weight is 159 g/mol. The summed E-state index contributed by atoms with van der Waals surface area (Å²) >= 11 is 1.30. The first-order valence-electron chi connectivity index (χ1n) is 2.87. The van der Waals surface area contributed by atoms with Gasteiger partial charge in [-0.1, -0.05) is 0 Å². The predicted molar refractivity (Wildman–Crippen MR) is 41.4 cm³/mol. The van der Waals surface area contributed by atoms with Crippen LogP contribution in [0.1, 0.15) is 13.3 Å². The van der Waals surface area contributed by atoms with Crippen molar-refractivity contribution in [1.82, 2.24) is 4.72 Å². The summed E-state index contributed by atoms with van der Waals surface area (Å²) in [4.78, 5) is 14.5. The third-order valence-corrected chi connectivity index (χ3v) is 1.77. The fourth-order valence-corrected chi connectivity index (χ4v) is 1.36. The van der Waals surface area contributed by atoms with E-state index in [-0.39, 0.29) is 12.2 Å². The summed E-state index contributed by atoms with van der Waals surface area (Å²) < 4.78 is 2.82. The number of hydrogen-bond acceptors (Lipinski definition) is 5. The van der Waals surface area contributed by atoms with E-state index in [0.717, 1.165) is 0 Å². The Morgan fingerprint density at radius 1 is 2.00 bits per heavy atom. The topological polar surface area (TPSA) is 67.5 Å². The minimum atomic E-state index is -0.851. The van der Waals surface area contributed by atoms with Gasteiger partial charge < -0.3 is 0 Å². The quantitative estimate of drug-likeness (QED) is 0.550. The molecule has 1 rings (SSSR count). The van der Waals surface area contributed by atoms with Crippen LogP contribution < -0.4 is 10.5 Å². The fourth-order valence-electron chi connectivity index (χ4n) is 0.736. The molecule has 1 heterocycles. The molecule has 0 saturated heterocycles. The van der Waals surface area contributed by atoms with Gasteiger partial charge in [-0.25, -0.2) is 9.71 Å². The van der Waals surface area contributed by atoms with Crippen LogP contribution in [0, 0.1) is 0 Å². The largest absolute Gasteiger partial charge is 0.300 e. The Morgan fingerprint density at radius 3 is 3.10 bits per heavy atom. The minimum Gasteiger partial charge on any atom is -0.300 e. The Kier molecular flexibility index (Phi) is 2.08. The van der Waals surface area contributed by atoms with E-state index < -0.39 is 5.79 Å². The van der Waals surface area contributed by atoms with Crippen LogP contribution in [-0.2, 0) is 4.79 Å². The first-order chi connectivity index (χ1) is 4.62. The smallest absolute Gasteiger partial charge is 0.178 e. The highest BCUT2D eigenvalue weighted by atomic mass is 32.2. The van der Waals surface area contributed by atoms with Crippen LogP contribution in [0.25, 0.3) is 0 Å². The molecule has 0 saturated carbocycles. The maximum Gasteiger partial charge on any atom is 0.178 e. The van der Waals surface area contributed by atoms with Gasteiger partial charge in [0, 0.05) is 0 Å². The van der Waals surface area contributed by atoms with Crippen LogP contribution in [0.4, 0.5) is 0 Å². The van der Waals surface area contributed by atoms with E-state index in [4.69, 9.17) is 5.73 Å². The zero-order valence-electron chi connectivity index (χ0n) is 5.63. The summed E-state index contributed by atoms with van der Waals surface area (Å²) in [6, 6.07) is 0. The van der Waals surface area contributed by atoms with Gasteiger partial charge in [0.25, 0.3) is 0 Å². The molecular weight excluding hydrogens is 150 g/mol. The van der Waals surface area contributed by atoms with Gasteiger partial charge in [0.15, 0.2) is 5.79 Å². The average Bonchev–Trinajstić information content (AvgIpc) is 2.12. The number of aliphatic imine (C=N–C) groups is 1. The Labute approximate surface area is 63.4 Å². The van der Waals surface area contributed by atoms with E-state index in [2.05, 4.69) is 9.71 Å². The first-order valence-corrected chi connectivity index (χ1v) is 3.75. The highest BCUT2D eigenvalue weighted by Crippen LogP contribution is 2.14. The van der Waals surface area contributed by atoms with Gasteiger partial charge in [-0.3, -0.25) is 10.5 Å². The normalized spacial score (nSPS) is 31.0. The molecule has 0 fully saturated rings. The molecule has 0 aliphatic carbocycles. The van der Waals surface area contributed by atoms with Gasteiger partial charge in [0.2, 0.25) is 0 Å². The van der Waals surface area contributed by atoms with Crippen molar-refractivity contribution in [3.8, 4) is 0 Å². The maximum absolute atomic E-state index is 10.6. The van der Waals surface area contributed by atoms with Crippen LogP contribution in [0.3, 0.4) is 0 Å². The number of Topliss-reactive ketones (excluding diaryl/α,β-unsaturated/α-hetero) is 1. The van der Waals surface area contributed by atoms with Gasteiger partial charge in [0.1, 0.15) is 5.78 Å². The van der Waals surface area contributed by atoms with Crippen molar-refractivity contribution in [3.05, 3.63) is 0 Å². The third-order valence-electron chi connectivity index (χ3n) is 1.09. The number of carbonyl (C=O) groups excluding carboxylic acids is 1. The molecule has 4 nitrogen and oxygen atoms in total. The molecule has 0 spiro atoms. The molecule has 1 aliphatic heterocycles. The van der Waals surface area contributed by atoms with Gasteiger partial charge in [-0.05, 0) is 18.9 Å². The van der Waals surface area contributed by atoms with E-state index >= 15 is 0 Å². The molecule has 0 bridgehead atoms. The number of carbonyl (C=O) groups is 1. The van der Waals surface area contributed by atoms with Crippen molar-refractivity contribution in [1.29, 1.82) is 0 Å². The molecule has 1 atom stereocenters. The Balaban J connectivity index is 2.52. The van der Waals surface area contributed by atoms with Crippen LogP contribution in [0.15, 0.2) is 4.99 Å². The molecule has 0 aromatic carbocycles. The monoisotopic (exact) mass is 159 g/mol. The van der Waals surface area contributed by atoms with Gasteiger partial charge in [-0.15, -0.1) is 0 Å². The van der Waals surface area contributed by atoms with Gasteiger partial charge in [-0.2, -0.15) is 0 Å². The minimum absolute atomic E-state index is 0.0367. The number of nitrogens with one attached hydrogen (secondary N) is 1. The van der Waals surface area contributed by atoms with Gasteiger partial charge >= 0.3 is 0 Å². The van der Waals surface area contributed by atoms with Crippen molar-refractivity contribution in [2.45, 2.75) is 19.1 Å². The number of nitrogens with two attached hydrogens (primary N) is 1. The maximum atomic E-state index is 10.6. The van der Waals surface area contributed by atoms with Crippen LogP contribution in [-0.4, -0.2) is 17.1 Å². The van der Waals surface area contributed by atoms with Crippen molar-refractivity contribution in [3.63, 3.8) is 0 Å². The van der Waals surface area contributed by atoms with Crippen LogP contribution in [0.5, 0.6) is 0 Å². The van der Waals surface area contributed by atoms with Crippen molar-refractivity contribution in [2.75, 3.05) is 0 Å². The number of ketones is 1. The number of nitrogens with zero attached hydrogens (tertiary/aromatic N) is 1. The Hall–Kier alpha value is -0.390. The molecule has 3 N–H and O–H groups in total. The highest BCUT2D eigenvalue weighted by Gasteiger charge is 2.27. The van der Waals surface area contributed by atoms with Crippen LogP contribution in [0.2, 0.25) is 0 Å². The van der Waals surface area contributed by atoms with E-state index in [0.29, 0.717) is 0 Å². The summed E-state index contributed by atoms with van der Waals surface area (Å²) in [6.07, 6.45) is 0.247. The summed E-state index contributed by atoms with van der Waals surface area (Å²) in [5, 5.41) is 0. The Morgan fingerprint density at radius 2 is 2.70 bits per heavy atom. The van der Waals surface area contributed by atoms with Crippen molar-refractivity contribution in [2.24, 2.45) is 10.7 Å². The third kappa shape index (κ3) is 1.80. The summed E-state index contributed by atoms with van der Waals surface area (Å²) in [6.45, 7) is 1.49. The molecule has 0 aromatic heterocycles. The predicted octanol–water partition coefficient (Wildman–Crippen LogP) is -0.142. The molecular formula is C5H9N3OS. The second-order valence-corrected chi connectivity index (χ2v) is 2.91. The molecule has 5 heteroatoms. The summed E-state index contributed by atoms with van der Waals surface area (Å²) in [5.41, 5.74) is 7.21. The lowest BCUT2D eigenvalue weighted by Crippen LogP contribution is -2.47. The lowest BCUT2D eigenvalue weighted by atomic mass is 10.2. The lowest BCUT2D eigenvalue weighted by Gasteiger charge is -2.17. The standard InChI is InChI=1S/C5H9N3OS/c1-4(9)2-5(6)7-3-10-8-5/h3,8H,2,6H2,1H3. The molecule has 0 amide bonds. The molecule has 1 aliphatic rings. The SMILES string of the molecule is CC(=O)CC1(N)N=CSN1. The van der Waals surface area contributed by atoms with Crippen LogP contribution >= 0.6 is 11.9 Å². The molecule has 0 aromatic rings. The van der Waals surface area contributed by atoms with Crippen molar-refractivity contribution >= 4 is 23.3 Å². The second kappa shape index (κ2) is 2.69. The second-order valence-electron chi connectivity index (χ2n) is 2.26. The molecule has 0 radical (unpaired) electrons. The molecule has 56 valence electrons. The van der Waals surface area contributed by atoms with E-state index in [1.54, 1.807) is 5.55 Å². The highest BCUT2D eigenvalue weighted by molar-refractivity contribution is 8.10. The van der Waals surface area contributed by atoms with E-state index in [9.17, 15) is 4.79 Å². The fraction of sp³-hybridized carbons (Fsp3) is 0.600. The first kappa shape index (κ1) is 7.71. The number of hydrogen-bond donors (Lipinski definition) is 2. The zero-order chi connectivity index (χ0) is 7.61. The van der Waals surface area contributed by atoms with Gasteiger partial charge in [0.05, 0.1) is 12.0 Å².